The fraction of sp³-hybridized carbons (Fsp3) is 0.423. The molecule has 0 spiro atoms. The van der Waals surface area contributed by atoms with Crippen molar-refractivity contribution in [3.05, 3.63) is 59.8 Å². The highest BCUT2D eigenvalue weighted by atomic mass is 19.4. The van der Waals surface area contributed by atoms with Crippen LogP contribution >= 0.6 is 0 Å². The molecule has 1 amide bonds. The Bertz CT molecular complexity index is 1460. The second-order valence-electron chi connectivity index (χ2n) is 9.88. The number of nitrogens with one attached hydrogen (secondary N) is 2. The Balaban J connectivity index is 1.53. The van der Waals surface area contributed by atoms with Crippen molar-refractivity contribution in [3.63, 3.8) is 0 Å². The predicted molar refractivity (Wildman–Crippen MR) is 139 cm³/mol. The molecule has 0 bridgehead atoms. The maximum absolute atomic E-state index is 13.1. The van der Waals surface area contributed by atoms with Crippen molar-refractivity contribution < 1.29 is 18.0 Å². The van der Waals surface area contributed by atoms with Crippen LogP contribution in [0.25, 0.3) is 16.8 Å². The number of hydrogen-bond acceptors (Lipinski definition) is 7. The average Bonchev–Trinajstić information content (AvgIpc) is 3.54. The van der Waals surface area contributed by atoms with Gasteiger partial charge in [-0.25, -0.2) is 4.52 Å². The highest BCUT2D eigenvalue weighted by Crippen LogP contribution is 2.35. The molecule has 5 rings (SSSR count). The number of rotatable bonds is 7. The zero-order chi connectivity index (χ0) is 27.7. The van der Waals surface area contributed by atoms with Crippen LogP contribution in [0.15, 0.2) is 43.0 Å². The molecule has 39 heavy (non-hydrogen) atoms. The monoisotopic (exact) mass is 541 g/mol. The number of hydrogen-bond donors (Lipinski definition) is 3. The number of fused-ring (bicyclic) bond motifs is 1. The van der Waals surface area contributed by atoms with E-state index in [9.17, 15) is 18.0 Å². The summed E-state index contributed by atoms with van der Waals surface area (Å²) in [4.78, 5) is 21.0. The molecule has 4 aromatic heterocycles. The van der Waals surface area contributed by atoms with Crippen LogP contribution in [0.5, 0.6) is 0 Å². The van der Waals surface area contributed by atoms with Crippen molar-refractivity contribution in [2.75, 3.05) is 18.8 Å². The van der Waals surface area contributed by atoms with Gasteiger partial charge in [-0.1, -0.05) is 13.0 Å². The molecule has 2 atom stereocenters. The first-order valence-electron chi connectivity index (χ1n) is 12.9. The molecular formula is C26H30F3N9O. The first kappa shape index (κ1) is 26.6. The number of amides is 1. The third-order valence-corrected chi connectivity index (χ3v) is 7.15. The Hall–Kier alpha value is -4.00. The minimum atomic E-state index is -4.51. The standard InChI is InChI=1S/C26H30F3N9O/c1-3-15(2)34-24(39)20-10-18(13-38-23(20)35-25(30)36-38)19-12-33-37(14-19)22(16-6-8-31-9-7-16)17-4-5-21(32-11-17)26(27,28)29/h4-5,10-16,22,31H,3,6-9H2,1-2H3,(H2,30,36)(H,34,39)/t15-,22?/m0/s1. The summed E-state index contributed by atoms with van der Waals surface area (Å²) in [5, 5.41) is 15.1. The van der Waals surface area contributed by atoms with Crippen LogP contribution in [0, 0.1) is 5.92 Å². The topological polar surface area (TPSA) is 128 Å². The lowest BCUT2D eigenvalue weighted by Crippen LogP contribution is -2.33. The van der Waals surface area contributed by atoms with Crippen LogP contribution in [0.2, 0.25) is 0 Å². The molecule has 0 saturated carbocycles. The number of halogens is 3. The minimum absolute atomic E-state index is 0.0349. The van der Waals surface area contributed by atoms with Gasteiger partial charge in [0.1, 0.15) is 5.69 Å². The van der Waals surface area contributed by atoms with E-state index in [1.54, 1.807) is 23.1 Å². The summed E-state index contributed by atoms with van der Waals surface area (Å²) in [5.41, 5.74) is 7.60. The van der Waals surface area contributed by atoms with Crippen molar-refractivity contribution in [2.24, 2.45) is 5.92 Å². The lowest BCUT2D eigenvalue weighted by molar-refractivity contribution is -0.141. The maximum atomic E-state index is 13.1. The third kappa shape index (κ3) is 5.58. The molecule has 1 fully saturated rings. The second-order valence-corrected chi connectivity index (χ2v) is 9.88. The Morgan fingerprint density at radius 2 is 1.97 bits per heavy atom. The zero-order valence-corrected chi connectivity index (χ0v) is 21.6. The van der Waals surface area contributed by atoms with E-state index in [1.165, 1.54) is 16.8 Å². The number of carbonyl (C=O) groups excluding carboxylic acids is 1. The van der Waals surface area contributed by atoms with Crippen molar-refractivity contribution in [1.29, 1.82) is 0 Å². The Kier molecular flexibility index (Phi) is 7.25. The van der Waals surface area contributed by atoms with Gasteiger partial charge in [0.05, 0.1) is 17.8 Å². The van der Waals surface area contributed by atoms with Gasteiger partial charge >= 0.3 is 6.18 Å². The quantitative estimate of drug-likeness (QED) is 0.325. The van der Waals surface area contributed by atoms with Crippen LogP contribution in [0.1, 0.15) is 60.8 Å². The summed E-state index contributed by atoms with van der Waals surface area (Å²) in [6, 6.07) is 3.87. The normalized spacial score (nSPS) is 16.3. The molecular weight excluding hydrogens is 511 g/mol. The maximum Gasteiger partial charge on any atom is 0.433 e. The molecule has 0 aliphatic carbocycles. The van der Waals surface area contributed by atoms with E-state index in [-0.39, 0.29) is 29.9 Å². The van der Waals surface area contributed by atoms with E-state index in [0.717, 1.165) is 38.4 Å². The number of carbonyl (C=O) groups is 1. The van der Waals surface area contributed by atoms with Crippen molar-refractivity contribution in [3.8, 4) is 11.1 Å². The molecule has 1 saturated heterocycles. The second kappa shape index (κ2) is 10.6. The van der Waals surface area contributed by atoms with E-state index in [4.69, 9.17) is 5.73 Å². The first-order chi connectivity index (χ1) is 18.6. The number of aromatic nitrogens is 6. The van der Waals surface area contributed by atoms with Gasteiger partial charge in [0, 0.05) is 35.8 Å². The Morgan fingerprint density at radius 3 is 2.64 bits per heavy atom. The minimum Gasteiger partial charge on any atom is -0.366 e. The van der Waals surface area contributed by atoms with Crippen LogP contribution in [-0.2, 0) is 6.18 Å². The smallest absolute Gasteiger partial charge is 0.366 e. The molecule has 5 heterocycles. The van der Waals surface area contributed by atoms with Gasteiger partial charge in [-0.2, -0.15) is 23.3 Å². The average molecular weight is 542 g/mol. The molecule has 13 heteroatoms. The molecule has 1 aliphatic heterocycles. The molecule has 10 nitrogen and oxygen atoms in total. The number of alkyl halides is 3. The molecule has 4 N–H and O–H groups in total. The Labute approximate surface area is 222 Å². The number of nitrogen functional groups attached to an aromatic ring is 1. The summed E-state index contributed by atoms with van der Waals surface area (Å²) >= 11 is 0. The van der Waals surface area contributed by atoms with Crippen LogP contribution < -0.4 is 16.4 Å². The summed E-state index contributed by atoms with van der Waals surface area (Å²) in [7, 11) is 0. The van der Waals surface area contributed by atoms with Gasteiger partial charge in [-0.3, -0.25) is 14.5 Å². The van der Waals surface area contributed by atoms with Gasteiger partial charge in [-0.15, -0.1) is 5.10 Å². The number of nitrogens with two attached hydrogens (primary N) is 1. The molecule has 4 aromatic rings. The number of anilines is 1. The SMILES string of the molecule is CC[C@H](C)NC(=O)c1cc(-c2cnn(C(c3ccc(C(F)(F)F)nc3)C3CCNCC3)c2)cn2nc(N)nc12. The van der Waals surface area contributed by atoms with Gasteiger partial charge in [0.25, 0.3) is 5.91 Å². The zero-order valence-electron chi connectivity index (χ0n) is 21.6. The first-order valence-corrected chi connectivity index (χ1v) is 12.9. The van der Waals surface area contributed by atoms with Gasteiger partial charge in [0.15, 0.2) is 5.65 Å². The number of nitrogens with zero attached hydrogens (tertiary/aromatic N) is 6. The predicted octanol–water partition coefficient (Wildman–Crippen LogP) is 3.71. The van der Waals surface area contributed by atoms with Gasteiger partial charge in [-0.05, 0) is 62.9 Å². The van der Waals surface area contributed by atoms with E-state index < -0.39 is 11.9 Å². The third-order valence-electron chi connectivity index (χ3n) is 7.15. The van der Waals surface area contributed by atoms with Gasteiger partial charge in [0.2, 0.25) is 5.95 Å². The van der Waals surface area contributed by atoms with Crippen molar-refractivity contribution >= 4 is 17.5 Å². The van der Waals surface area contributed by atoms with E-state index in [2.05, 4.69) is 30.8 Å². The summed E-state index contributed by atoms with van der Waals surface area (Å²) in [6.45, 7) is 5.51. The van der Waals surface area contributed by atoms with Crippen LogP contribution in [-0.4, -0.2) is 54.4 Å². The summed E-state index contributed by atoms with van der Waals surface area (Å²) in [6.07, 6.45) is 4.45. The number of pyridine rings is 2. The highest BCUT2D eigenvalue weighted by molar-refractivity contribution is 6.01. The molecule has 0 aromatic carbocycles. The fourth-order valence-electron chi connectivity index (χ4n) is 4.92. The van der Waals surface area contributed by atoms with E-state index in [0.29, 0.717) is 27.9 Å². The lowest BCUT2D eigenvalue weighted by Gasteiger charge is -2.31. The lowest BCUT2D eigenvalue weighted by atomic mass is 9.86. The van der Waals surface area contributed by atoms with Crippen LogP contribution in [0.3, 0.4) is 0 Å². The molecule has 1 unspecified atom stereocenters. The van der Waals surface area contributed by atoms with Crippen molar-refractivity contribution in [1.82, 2.24) is 40.0 Å². The number of piperidine rings is 1. The fourth-order valence-corrected chi connectivity index (χ4v) is 4.92. The molecule has 1 aliphatic rings. The Morgan fingerprint density at radius 1 is 1.21 bits per heavy atom. The summed E-state index contributed by atoms with van der Waals surface area (Å²) < 4.78 is 42.7. The van der Waals surface area contributed by atoms with E-state index in [1.807, 2.05) is 20.0 Å². The molecule has 206 valence electrons. The van der Waals surface area contributed by atoms with E-state index >= 15 is 0 Å². The largest absolute Gasteiger partial charge is 0.433 e. The van der Waals surface area contributed by atoms with Crippen molar-refractivity contribution in [2.45, 2.75) is 51.4 Å². The highest BCUT2D eigenvalue weighted by Gasteiger charge is 2.33. The van der Waals surface area contributed by atoms with Crippen LogP contribution in [0.4, 0.5) is 19.1 Å². The van der Waals surface area contributed by atoms with Gasteiger partial charge < -0.3 is 16.4 Å². The summed E-state index contributed by atoms with van der Waals surface area (Å²) in [5.74, 6) is -0.104. The molecule has 0 radical (unpaired) electrons.